The molecule has 0 atom stereocenters. The number of aromatic nitrogens is 1. The van der Waals surface area contributed by atoms with Crippen molar-refractivity contribution in [1.29, 1.82) is 0 Å². The largest absolute Gasteiger partial charge is 0.397 e. The lowest BCUT2D eigenvalue weighted by atomic mass is 10.3. The van der Waals surface area contributed by atoms with Gasteiger partial charge in [0.1, 0.15) is 5.82 Å². The second kappa shape index (κ2) is 5.36. The number of likely N-dealkylation sites (N-methyl/N-ethyl adjacent to an activating group) is 1. The van der Waals surface area contributed by atoms with Crippen LogP contribution < -0.4 is 10.6 Å². The van der Waals surface area contributed by atoms with E-state index in [1.54, 1.807) is 0 Å². The van der Waals surface area contributed by atoms with E-state index in [-0.39, 0.29) is 0 Å². The summed E-state index contributed by atoms with van der Waals surface area (Å²) >= 11 is 0. The molecule has 0 unspecified atom stereocenters. The summed E-state index contributed by atoms with van der Waals surface area (Å²) in [5.74, 6) is 1.01. The molecule has 94 valence electrons. The maximum atomic E-state index is 5.77. The van der Waals surface area contributed by atoms with Gasteiger partial charge < -0.3 is 15.5 Å². The molecule has 2 rings (SSSR count). The van der Waals surface area contributed by atoms with Crippen LogP contribution in [-0.2, 0) is 0 Å². The molecule has 1 fully saturated rings. The fourth-order valence-corrected chi connectivity index (χ4v) is 2.18. The Hall–Kier alpha value is -1.29. The fourth-order valence-electron chi connectivity index (χ4n) is 2.18. The highest BCUT2D eigenvalue weighted by atomic mass is 15.2. The summed E-state index contributed by atoms with van der Waals surface area (Å²) < 4.78 is 0. The van der Waals surface area contributed by atoms with E-state index in [0.717, 1.165) is 30.3 Å². The highest BCUT2D eigenvalue weighted by molar-refractivity contribution is 5.50. The Kier molecular flexibility index (Phi) is 3.84. The van der Waals surface area contributed by atoms with E-state index in [1.807, 2.05) is 19.1 Å². The molecular formula is C13H22N4. The fraction of sp³-hybridized carbons (Fsp3) is 0.615. The van der Waals surface area contributed by atoms with Gasteiger partial charge in [-0.1, -0.05) is 0 Å². The molecule has 4 heteroatoms. The second-order valence-electron chi connectivity index (χ2n) is 4.81. The van der Waals surface area contributed by atoms with Crippen molar-refractivity contribution < 1.29 is 0 Å². The SMILES string of the molecule is Cc1nc(N(C)CCN2CCCC2)ccc1N. The third-order valence-corrected chi connectivity index (χ3v) is 3.45. The van der Waals surface area contributed by atoms with E-state index in [4.69, 9.17) is 5.73 Å². The number of aryl methyl sites for hydroxylation is 1. The molecule has 0 aromatic carbocycles. The van der Waals surface area contributed by atoms with E-state index in [2.05, 4.69) is 21.8 Å². The second-order valence-corrected chi connectivity index (χ2v) is 4.81. The minimum atomic E-state index is 0.765. The van der Waals surface area contributed by atoms with Crippen molar-refractivity contribution in [2.24, 2.45) is 0 Å². The van der Waals surface area contributed by atoms with Crippen LogP contribution >= 0.6 is 0 Å². The van der Waals surface area contributed by atoms with Crippen LogP contribution in [0.4, 0.5) is 11.5 Å². The van der Waals surface area contributed by atoms with Gasteiger partial charge in [0.15, 0.2) is 0 Å². The Bertz CT molecular complexity index is 372. The predicted molar refractivity (Wildman–Crippen MR) is 72.3 cm³/mol. The highest BCUT2D eigenvalue weighted by Gasteiger charge is 2.12. The minimum Gasteiger partial charge on any atom is -0.397 e. The zero-order chi connectivity index (χ0) is 12.3. The molecule has 0 radical (unpaired) electrons. The molecule has 0 spiro atoms. The molecule has 17 heavy (non-hydrogen) atoms. The van der Waals surface area contributed by atoms with Gasteiger partial charge in [-0.3, -0.25) is 0 Å². The average molecular weight is 234 g/mol. The van der Waals surface area contributed by atoms with Crippen molar-refractivity contribution in [2.75, 3.05) is 43.9 Å². The molecule has 4 nitrogen and oxygen atoms in total. The molecular weight excluding hydrogens is 212 g/mol. The van der Waals surface area contributed by atoms with Gasteiger partial charge in [0.2, 0.25) is 0 Å². The zero-order valence-electron chi connectivity index (χ0n) is 10.8. The van der Waals surface area contributed by atoms with Crippen LogP contribution in [0.25, 0.3) is 0 Å². The van der Waals surface area contributed by atoms with Crippen LogP contribution in [0, 0.1) is 6.92 Å². The summed E-state index contributed by atoms with van der Waals surface area (Å²) in [7, 11) is 2.09. The molecule has 2 N–H and O–H groups in total. The van der Waals surface area contributed by atoms with E-state index in [0.29, 0.717) is 0 Å². The summed E-state index contributed by atoms with van der Waals surface area (Å²) in [5, 5.41) is 0. The van der Waals surface area contributed by atoms with E-state index in [1.165, 1.54) is 25.9 Å². The number of likely N-dealkylation sites (tertiary alicyclic amines) is 1. The lowest BCUT2D eigenvalue weighted by Gasteiger charge is -2.22. The van der Waals surface area contributed by atoms with Crippen molar-refractivity contribution in [2.45, 2.75) is 19.8 Å². The Morgan fingerprint density at radius 2 is 2.06 bits per heavy atom. The van der Waals surface area contributed by atoms with Gasteiger partial charge in [0.25, 0.3) is 0 Å². The Labute approximate surface area is 103 Å². The molecule has 0 saturated carbocycles. The van der Waals surface area contributed by atoms with Crippen LogP contribution in [0.5, 0.6) is 0 Å². The van der Waals surface area contributed by atoms with Crippen molar-refractivity contribution >= 4 is 11.5 Å². The number of nitrogen functional groups attached to an aromatic ring is 1. The van der Waals surface area contributed by atoms with Gasteiger partial charge in [0, 0.05) is 20.1 Å². The minimum absolute atomic E-state index is 0.765. The molecule has 1 aliphatic heterocycles. The van der Waals surface area contributed by atoms with E-state index < -0.39 is 0 Å². The first-order valence-corrected chi connectivity index (χ1v) is 6.33. The number of nitrogens with zero attached hydrogens (tertiary/aromatic N) is 3. The van der Waals surface area contributed by atoms with Crippen LogP contribution in [0.2, 0.25) is 0 Å². The number of rotatable bonds is 4. The molecule has 1 aromatic rings. The standard InChI is InChI=1S/C13H22N4/c1-11-12(14)5-6-13(15-11)16(2)9-10-17-7-3-4-8-17/h5-6H,3-4,7-10,14H2,1-2H3. The van der Waals surface area contributed by atoms with Crippen molar-refractivity contribution in [3.05, 3.63) is 17.8 Å². The van der Waals surface area contributed by atoms with Gasteiger partial charge in [-0.2, -0.15) is 0 Å². The molecule has 0 bridgehead atoms. The number of pyridine rings is 1. The van der Waals surface area contributed by atoms with Crippen molar-refractivity contribution in [3.63, 3.8) is 0 Å². The molecule has 2 heterocycles. The third-order valence-electron chi connectivity index (χ3n) is 3.45. The van der Waals surface area contributed by atoms with Crippen molar-refractivity contribution in [1.82, 2.24) is 9.88 Å². The third kappa shape index (κ3) is 3.09. The number of anilines is 2. The summed E-state index contributed by atoms with van der Waals surface area (Å²) in [4.78, 5) is 9.21. The van der Waals surface area contributed by atoms with Gasteiger partial charge in [-0.25, -0.2) is 4.98 Å². The van der Waals surface area contributed by atoms with Gasteiger partial charge in [-0.05, 0) is 45.0 Å². The zero-order valence-corrected chi connectivity index (χ0v) is 10.8. The van der Waals surface area contributed by atoms with Crippen molar-refractivity contribution in [3.8, 4) is 0 Å². The molecule has 0 aliphatic carbocycles. The van der Waals surface area contributed by atoms with Gasteiger partial charge >= 0.3 is 0 Å². The quantitative estimate of drug-likeness (QED) is 0.857. The normalized spacial score (nSPS) is 16.4. The first-order chi connectivity index (χ1) is 8.16. The highest BCUT2D eigenvalue weighted by Crippen LogP contribution is 2.15. The van der Waals surface area contributed by atoms with Gasteiger partial charge in [0.05, 0.1) is 11.4 Å². The monoisotopic (exact) mass is 234 g/mol. The van der Waals surface area contributed by atoms with E-state index in [9.17, 15) is 0 Å². The maximum absolute atomic E-state index is 5.77. The number of hydrogen-bond donors (Lipinski definition) is 1. The van der Waals surface area contributed by atoms with Gasteiger partial charge in [-0.15, -0.1) is 0 Å². The summed E-state index contributed by atoms with van der Waals surface area (Å²) in [6.45, 7) is 6.61. The first-order valence-electron chi connectivity index (χ1n) is 6.33. The summed E-state index contributed by atoms with van der Waals surface area (Å²) in [6.07, 6.45) is 2.70. The smallest absolute Gasteiger partial charge is 0.128 e. The predicted octanol–water partition coefficient (Wildman–Crippen LogP) is 1.50. The average Bonchev–Trinajstić information content (AvgIpc) is 2.82. The van der Waals surface area contributed by atoms with E-state index >= 15 is 0 Å². The van der Waals surface area contributed by atoms with Crippen LogP contribution in [0.15, 0.2) is 12.1 Å². The van der Waals surface area contributed by atoms with Crippen LogP contribution in [0.1, 0.15) is 18.5 Å². The Morgan fingerprint density at radius 1 is 1.35 bits per heavy atom. The molecule has 0 amide bonds. The summed E-state index contributed by atoms with van der Waals surface area (Å²) in [5.41, 5.74) is 7.45. The van der Waals surface area contributed by atoms with Crippen LogP contribution in [-0.4, -0.2) is 43.1 Å². The molecule has 1 saturated heterocycles. The summed E-state index contributed by atoms with van der Waals surface area (Å²) in [6, 6.07) is 3.93. The lowest BCUT2D eigenvalue weighted by Crippen LogP contribution is -2.31. The van der Waals surface area contributed by atoms with Crippen LogP contribution in [0.3, 0.4) is 0 Å². The first kappa shape index (κ1) is 12.2. The number of nitrogens with two attached hydrogens (primary N) is 1. The lowest BCUT2D eigenvalue weighted by molar-refractivity contribution is 0.346. The molecule has 1 aliphatic rings. The Balaban J connectivity index is 1.89. The maximum Gasteiger partial charge on any atom is 0.128 e. The number of hydrogen-bond acceptors (Lipinski definition) is 4. The topological polar surface area (TPSA) is 45.4 Å². The Morgan fingerprint density at radius 3 is 2.71 bits per heavy atom. The molecule has 1 aromatic heterocycles.